The molecule has 2 aromatic carbocycles. The van der Waals surface area contributed by atoms with Crippen molar-refractivity contribution < 1.29 is 9.22 Å². The van der Waals surface area contributed by atoms with Crippen molar-refractivity contribution in [2.45, 2.75) is 83.1 Å². The first-order chi connectivity index (χ1) is 17.7. The highest BCUT2D eigenvalue weighted by Crippen LogP contribution is 2.42. The molecular formula is C31H45N3O2Si. The molecule has 2 N–H and O–H groups in total. The predicted molar refractivity (Wildman–Crippen MR) is 156 cm³/mol. The first-order valence-electron chi connectivity index (χ1n) is 14.0. The lowest BCUT2D eigenvalue weighted by atomic mass is 9.99. The average Bonchev–Trinajstić information content (AvgIpc) is 3.28. The number of aromatic nitrogens is 1. The number of para-hydroxylation sites is 1. The van der Waals surface area contributed by atoms with Gasteiger partial charge in [-0.1, -0.05) is 90.1 Å². The molecule has 0 bridgehead atoms. The van der Waals surface area contributed by atoms with Crippen molar-refractivity contribution in [2.75, 3.05) is 19.7 Å². The molecular weight excluding hydrogens is 474 g/mol. The summed E-state index contributed by atoms with van der Waals surface area (Å²) >= 11 is 0. The summed E-state index contributed by atoms with van der Waals surface area (Å²) in [6.45, 7) is 16.1. The number of aromatic amines is 1. The number of amides is 1. The molecule has 5 nitrogen and oxygen atoms in total. The van der Waals surface area contributed by atoms with Crippen LogP contribution in [0.25, 0.3) is 10.9 Å². The second-order valence-electron chi connectivity index (χ2n) is 11.6. The number of benzene rings is 2. The summed E-state index contributed by atoms with van der Waals surface area (Å²) in [4.78, 5) is 19.4. The predicted octanol–water partition coefficient (Wildman–Crippen LogP) is 6.31. The third-order valence-electron chi connectivity index (χ3n) is 8.41. The molecule has 4 rings (SSSR count). The lowest BCUT2D eigenvalue weighted by Crippen LogP contribution is -2.61. The van der Waals surface area contributed by atoms with E-state index in [1.54, 1.807) is 0 Å². The maximum Gasteiger partial charge on any atom is 0.240 e. The molecule has 0 spiro atoms. The van der Waals surface area contributed by atoms with E-state index in [4.69, 9.17) is 4.43 Å². The Hall–Kier alpha value is -2.41. The fraction of sp³-hybridized carbons (Fsp3) is 0.516. The van der Waals surface area contributed by atoms with Crippen molar-refractivity contribution in [1.29, 1.82) is 0 Å². The molecule has 200 valence electrons. The van der Waals surface area contributed by atoms with Gasteiger partial charge in [-0.15, -0.1) is 0 Å². The molecule has 2 heterocycles. The lowest BCUT2D eigenvalue weighted by Gasteiger charge is -2.45. The highest BCUT2D eigenvalue weighted by atomic mass is 28.4. The van der Waals surface area contributed by atoms with Gasteiger partial charge >= 0.3 is 0 Å². The molecule has 1 aromatic heterocycles. The highest BCUT2D eigenvalue weighted by molar-refractivity contribution is 6.77. The number of rotatable bonds is 11. The van der Waals surface area contributed by atoms with Crippen LogP contribution in [0.15, 0.2) is 60.8 Å². The van der Waals surface area contributed by atoms with Gasteiger partial charge in [-0.25, -0.2) is 0 Å². The third kappa shape index (κ3) is 5.87. The van der Waals surface area contributed by atoms with E-state index in [9.17, 15) is 4.79 Å². The van der Waals surface area contributed by atoms with Crippen LogP contribution in [0.2, 0.25) is 16.6 Å². The quantitative estimate of drug-likeness (QED) is 0.292. The van der Waals surface area contributed by atoms with Crippen molar-refractivity contribution in [3.8, 4) is 0 Å². The van der Waals surface area contributed by atoms with E-state index < -0.39 is 8.32 Å². The fourth-order valence-corrected chi connectivity index (χ4v) is 12.2. The number of piperazine rings is 1. The fourth-order valence-electron chi connectivity index (χ4n) is 6.69. The van der Waals surface area contributed by atoms with E-state index in [-0.39, 0.29) is 18.0 Å². The van der Waals surface area contributed by atoms with Gasteiger partial charge in [0.1, 0.15) is 0 Å². The Morgan fingerprint density at radius 3 is 2.27 bits per heavy atom. The van der Waals surface area contributed by atoms with Gasteiger partial charge in [0, 0.05) is 30.2 Å². The van der Waals surface area contributed by atoms with Crippen molar-refractivity contribution in [3.63, 3.8) is 0 Å². The molecule has 0 saturated carbocycles. The van der Waals surface area contributed by atoms with Crippen molar-refractivity contribution in [3.05, 3.63) is 71.9 Å². The first-order valence-corrected chi connectivity index (χ1v) is 16.1. The van der Waals surface area contributed by atoms with E-state index >= 15 is 0 Å². The van der Waals surface area contributed by atoms with Crippen LogP contribution in [0.5, 0.6) is 0 Å². The van der Waals surface area contributed by atoms with Crippen LogP contribution >= 0.6 is 0 Å². The number of hydrogen-bond donors (Lipinski definition) is 2. The highest BCUT2D eigenvalue weighted by Gasteiger charge is 2.46. The number of carbonyl (C=O) groups excluding carboxylic acids is 1. The first kappa shape index (κ1) is 27.6. The molecule has 1 fully saturated rings. The Kier molecular flexibility index (Phi) is 8.93. The van der Waals surface area contributed by atoms with Crippen molar-refractivity contribution in [2.24, 2.45) is 0 Å². The smallest absolute Gasteiger partial charge is 0.240 e. The summed E-state index contributed by atoms with van der Waals surface area (Å²) in [6.07, 6.45) is 3.54. The minimum absolute atomic E-state index is 0.0191. The largest absolute Gasteiger partial charge is 0.414 e. The normalized spacial score (nSPS) is 17.9. The second-order valence-corrected chi connectivity index (χ2v) is 17.0. The second kappa shape index (κ2) is 12.0. The van der Waals surface area contributed by atoms with Gasteiger partial charge in [0.05, 0.1) is 18.7 Å². The van der Waals surface area contributed by atoms with Gasteiger partial charge in [0.25, 0.3) is 0 Å². The van der Waals surface area contributed by atoms with E-state index in [2.05, 4.69) is 111 Å². The number of fused-ring (bicyclic) bond motifs is 1. The summed E-state index contributed by atoms with van der Waals surface area (Å²) in [7, 11) is -2.05. The summed E-state index contributed by atoms with van der Waals surface area (Å²) in [5.41, 5.74) is 5.09. The Morgan fingerprint density at radius 1 is 0.946 bits per heavy atom. The van der Waals surface area contributed by atoms with Crippen molar-refractivity contribution in [1.82, 2.24) is 15.2 Å². The van der Waals surface area contributed by atoms with E-state index in [1.807, 2.05) is 6.07 Å². The Morgan fingerprint density at radius 2 is 1.59 bits per heavy atom. The molecule has 0 unspecified atom stereocenters. The third-order valence-corrected chi connectivity index (χ3v) is 14.5. The number of carbonyl (C=O) groups is 1. The maximum absolute atomic E-state index is 14.0. The standard InChI is InChI=1S/C31H45N3O2Si/c1-22(2)37(23(3)4,24(5)6)36-21-27(18-25-12-8-7-9-13-25)34-17-16-32-30(31(34)35)19-26-20-33-29-15-11-10-14-28(26)29/h7-15,20,22-24,27,30,32-33H,16-19,21H2,1-6H3/t27-,30+/m0/s1. The summed E-state index contributed by atoms with van der Waals surface area (Å²) in [5.74, 6) is 0.187. The zero-order valence-electron chi connectivity index (χ0n) is 23.5. The van der Waals surface area contributed by atoms with Crippen LogP contribution < -0.4 is 5.32 Å². The molecule has 1 aliphatic rings. The molecule has 0 aliphatic carbocycles. The van der Waals surface area contributed by atoms with Crippen LogP contribution in [-0.4, -0.2) is 55.9 Å². The Labute approximate surface area is 224 Å². The van der Waals surface area contributed by atoms with Crippen molar-refractivity contribution >= 4 is 25.1 Å². The molecule has 3 aromatic rings. The molecule has 1 amide bonds. The molecule has 1 saturated heterocycles. The lowest BCUT2D eigenvalue weighted by molar-refractivity contribution is -0.139. The molecule has 6 heteroatoms. The van der Waals surface area contributed by atoms with Crippen LogP contribution in [0, 0.1) is 0 Å². The van der Waals surface area contributed by atoms with E-state index in [1.165, 1.54) is 16.5 Å². The molecule has 37 heavy (non-hydrogen) atoms. The van der Waals surface area contributed by atoms with Crippen LogP contribution in [0.4, 0.5) is 0 Å². The Bertz CT molecular complexity index is 1140. The van der Waals surface area contributed by atoms with E-state index in [0.29, 0.717) is 36.2 Å². The van der Waals surface area contributed by atoms with Gasteiger partial charge < -0.3 is 19.6 Å². The van der Waals surface area contributed by atoms with Crippen LogP contribution in [0.3, 0.4) is 0 Å². The average molecular weight is 520 g/mol. The summed E-state index contributed by atoms with van der Waals surface area (Å²) in [5, 5.41) is 4.70. The molecule has 2 atom stereocenters. The maximum atomic E-state index is 14.0. The minimum atomic E-state index is -2.05. The van der Waals surface area contributed by atoms with Gasteiger partial charge in [-0.05, 0) is 46.7 Å². The number of nitrogens with one attached hydrogen (secondary N) is 2. The zero-order valence-corrected chi connectivity index (χ0v) is 24.5. The topological polar surface area (TPSA) is 57.4 Å². The van der Waals surface area contributed by atoms with E-state index in [0.717, 1.165) is 18.5 Å². The molecule has 0 radical (unpaired) electrons. The number of H-pyrrole nitrogens is 1. The summed E-state index contributed by atoms with van der Waals surface area (Å²) in [6, 6.07) is 18.7. The van der Waals surface area contributed by atoms with Gasteiger partial charge in [0.2, 0.25) is 5.91 Å². The van der Waals surface area contributed by atoms with Crippen LogP contribution in [0.1, 0.15) is 52.7 Å². The SMILES string of the molecule is CC(C)[Si](OC[C@H](Cc1ccccc1)N1CCN[C@H](Cc2c[nH]c3ccccc23)C1=O)(C(C)C)C(C)C. The number of nitrogens with zero attached hydrogens (tertiary/aromatic N) is 1. The molecule has 1 aliphatic heterocycles. The van der Waals surface area contributed by atoms with Gasteiger partial charge in [-0.3, -0.25) is 4.79 Å². The monoisotopic (exact) mass is 519 g/mol. The van der Waals surface area contributed by atoms with Crippen LogP contribution in [-0.2, 0) is 22.1 Å². The van der Waals surface area contributed by atoms with Gasteiger partial charge in [-0.2, -0.15) is 0 Å². The van der Waals surface area contributed by atoms with Gasteiger partial charge in [0.15, 0.2) is 8.32 Å². The number of hydrogen-bond acceptors (Lipinski definition) is 3. The zero-order chi connectivity index (χ0) is 26.6. The Balaban J connectivity index is 1.58. The summed E-state index contributed by atoms with van der Waals surface area (Å²) < 4.78 is 7.07. The minimum Gasteiger partial charge on any atom is -0.414 e.